The summed E-state index contributed by atoms with van der Waals surface area (Å²) in [7, 11) is 0. The number of halogens is 1. The molecule has 0 aliphatic rings. The normalized spacial score (nSPS) is 10.2. The number of ether oxygens (including phenoxy) is 2. The van der Waals surface area contributed by atoms with Gasteiger partial charge in [-0.25, -0.2) is 10.2 Å². The van der Waals surface area contributed by atoms with Crippen molar-refractivity contribution >= 4 is 34.3 Å². The van der Waals surface area contributed by atoms with Crippen molar-refractivity contribution in [1.29, 1.82) is 5.41 Å². The topological polar surface area (TPSA) is 106 Å². The molecule has 0 unspecified atom stereocenters. The highest BCUT2D eigenvalue weighted by atomic mass is 32.2. The first-order chi connectivity index (χ1) is 12.0. The summed E-state index contributed by atoms with van der Waals surface area (Å²) in [5, 5.41) is 7.31. The van der Waals surface area contributed by atoms with Crippen molar-refractivity contribution in [3.05, 3.63) is 59.4 Å². The molecule has 25 heavy (non-hydrogen) atoms. The molecule has 0 aliphatic heterocycles. The summed E-state index contributed by atoms with van der Waals surface area (Å²) in [5.74, 6) is 6.13. The lowest BCUT2D eigenvalue weighted by atomic mass is 10.2. The van der Waals surface area contributed by atoms with E-state index >= 15 is 0 Å². The van der Waals surface area contributed by atoms with Crippen LogP contribution < -0.4 is 21.7 Å². The fourth-order valence-electron chi connectivity index (χ4n) is 1.94. The van der Waals surface area contributed by atoms with Crippen molar-refractivity contribution in [2.24, 2.45) is 11.6 Å². The molecule has 0 heterocycles. The van der Waals surface area contributed by atoms with Gasteiger partial charge < -0.3 is 15.2 Å². The van der Waals surface area contributed by atoms with Crippen LogP contribution in [0.25, 0.3) is 0 Å². The van der Waals surface area contributed by atoms with Gasteiger partial charge in [-0.15, -0.1) is 0 Å². The molecular formula is C16H17FN4O2S2. The molecule has 0 aromatic heterocycles. The van der Waals surface area contributed by atoms with Crippen molar-refractivity contribution in [2.45, 2.75) is 12.4 Å². The largest absolute Gasteiger partial charge is 0.465 e. The highest BCUT2D eigenvalue weighted by Gasteiger charge is 2.11. The first-order valence-corrected chi connectivity index (χ1v) is 8.53. The molecule has 0 saturated carbocycles. The molecule has 0 saturated heterocycles. The number of para-hydroxylation sites is 1. The van der Waals surface area contributed by atoms with E-state index in [9.17, 15) is 4.39 Å². The van der Waals surface area contributed by atoms with Crippen LogP contribution >= 0.6 is 24.0 Å². The summed E-state index contributed by atoms with van der Waals surface area (Å²) in [4.78, 5) is 0. The zero-order valence-corrected chi connectivity index (χ0v) is 14.8. The predicted octanol–water partition coefficient (Wildman–Crippen LogP) is 3.01. The monoisotopic (exact) mass is 380 g/mol. The predicted molar refractivity (Wildman–Crippen MR) is 101 cm³/mol. The van der Waals surface area contributed by atoms with E-state index in [4.69, 9.17) is 38.7 Å². The lowest BCUT2D eigenvalue weighted by Crippen LogP contribution is -2.30. The van der Waals surface area contributed by atoms with E-state index in [0.29, 0.717) is 22.8 Å². The van der Waals surface area contributed by atoms with Crippen LogP contribution in [0.5, 0.6) is 11.5 Å². The zero-order valence-electron chi connectivity index (χ0n) is 13.1. The Bertz CT molecular complexity index is 774. The smallest absolute Gasteiger partial charge is 0.271 e. The number of hydrogen-bond donors (Lipinski definition) is 4. The van der Waals surface area contributed by atoms with E-state index in [-0.39, 0.29) is 22.8 Å². The Morgan fingerprint density at radius 3 is 2.64 bits per heavy atom. The molecule has 0 radical (unpaired) electrons. The summed E-state index contributed by atoms with van der Waals surface area (Å²) < 4.78 is 24.8. The summed E-state index contributed by atoms with van der Waals surface area (Å²) in [5.41, 5.74) is 8.93. The highest BCUT2D eigenvalue weighted by Crippen LogP contribution is 2.31. The third kappa shape index (κ3) is 5.89. The molecule has 0 atom stereocenters. The first-order valence-electron chi connectivity index (χ1n) is 7.14. The van der Waals surface area contributed by atoms with Gasteiger partial charge in [-0.3, -0.25) is 10.8 Å². The Morgan fingerprint density at radius 2 is 1.92 bits per heavy atom. The molecule has 0 bridgehead atoms. The van der Waals surface area contributed by atoms with E-state index in [2.05, 4.69) is 5.43 Å². The molecule has 0 spiro atoms. The van der Waals surface area contributed by atoms with Crippen molar-refractivity contribution in [2.75, 3.05) is 0 Å². The van der Waals surface area contributed by atoms with Crippen LogP contribution in [0.1, 0.15) is 11.1 Å². The summed E-state index contributed by atoms with van der Waals surface area (Å²) in [6.45, 7) is 0.165. The van der Waals surface area contributed by atoms with Crippen LogP contribution in [0.3, 0.4) is 0 Å². The summed E-state index contributed by atoms with van der Waals surface area (Å²) >= 11 is 5.94. The van der Waals surface area contributed by atoms with Gasteiger partial charge in [-0.1, -0.05) is 30.0 Å². The molecule has 0 fully saturated rings. The zero-order chi connectivity index (χ0) is 18.2. The van der Waals surface area contributed by atoms with Gasteiger partial charge in [0.25, 0.3) is 5.17 Å². The minimum absolute atomic E-state index is 0.0493. The number of thiocarbonyl (C=S) groups is 1. The lowest BCUT2D eigenvalue weighted by molar-refractivity contribution is 0.282. The molecule has 2 aromatic rings. The standard InChI is InChI=1S/C16H17FN4O2S2/c17-12-5-6-14(11(7-12)9-25-15(18)19)23-13-4-2-1-3-10(13)8-22-16(24)21-20/h1-7H,8-9,20H2,(H3,18,19)(H,21,24). The van der Waals surface area contributed by atoms with Crippen LogP contribution in [0.4, 0.5) is 4.39 Å². The van der Waals surface area contributed by atoms with E-state index in [1.54, 1.807) is 6.07 Å². The van der Waals surface area contributed by atoms with Crippen LogP contribution in [-0.2, 0) is 17.1 Å². The Kier molecular flexibility index (Phi) is 6.99. The fourth-order valence-corrected chi connectivity index (χ4v) is 2.54. The Labute approximate surface area is 154 Å². The second kappa shape index (κ2) is 9.21. The molecular weight excluding hydrogens is 363 g/mol. The van der Waals surface area contributed by atoms with Crippen LogP contribution in [-0.4, -0.2) is 10.3 Å². The van der Waals surface area contributed by atoms with Gasteiger partial charge in [0.1, 0.15) is 23.9 Å². The molecule has 6 nitrogen and oxygen atoms in total. The molecule has 0 amide bonds. The van der Waals surface area contributed by atoms with E-state index < -0.39 is 0 Å². The number of hydrazine groups is 1. The number of rotatable bonds is 6. The quantitative estimate of drug-likeness (QED) is 0.201. The van der Waals surface area contributed by atoms with Crippen molar-refractivity contribution in [3.63, 3.8) is 0 Å². The van der Waals surface area contributed by atoms with Gasteiger partial charge in [0.05, 0.1) is 0 Å². The minimum Gasteiger partial charge on any atom is -0.465 e. The molecule has 2 aromatic carbocycles. The van der Waals surface area contributed by atoms with Gasteiger partial charge >= 0.3 is 0 Å². The van der Waals surface area contributed by atoms with E-state index in [0.717, 1.165) is 17.3 Å². The SMILES string of the molecule is N=C(N)SCc1cc(F)ccc1Oc1ccccc1COC(=S)NN. The summed E-state index contributed by atoms with van der Waals surface area (Å²) in [6, 6.07) is 11.4. The minimum atomic E-state index is -0.387. The number of nitrogens with two attached hydrogens (primary N) is 2. The van der Waals surface area contributed by atoms with Gasteiger partial charge in [-0.05, 0) is 36.5 Å². The van der Waals surface area contributed by atoms with Crippen molar-refractivity contribution in [3.8, 4) is 11.5 Å². The van der Waals surface area contributed by atoms with Gasteiger partial charge in [0.2, 0.25) is 0 Å². The van der Waals surface area contributed by atoms with Crippen LogP contribution in [0, 0.1) is 11.2 Å². The number of nitrogens with one attached hydrogen (secondary N) is 2. The van der Waals surface area contributed by atoms with Gasteiger partial charge in [0, 0.05) is 16.9 Å². The second-order valence-corrected chi connectivity index (χ2v) is 6.22. The van der Waals surface area contributed by atoms with Crippen molar-refractivity contribution in [1.82, 2.24) is 5.43 Å². The first kappa shape index (κ1) is 19.0. The Hall–Kier alpha value is -2.36. The molecule has 2 rings (SSSR count). The molecule has 6 N–H and O–H groups in total. The van der Waals surface area contributed by atoms with Crippen LogP contribution in [0.15, 0.2) is 42.5 Å². The number of hydrogen-bond acceptors (Lipinski definition) is 6. The highest BCUT2D eigenvalue weighted by molar-refractivity contribution is 8.13. The molecule has 9 heteroatoms. The number of benzene rings is 2. The number of amidine groups is 1. The summed E-state index contributed by atoms with van der Waals surface area (Å²) in [6.07, 6.45) is 0. The average Bonchev–Trinajstić information content (AvgIpc) is 2.60. The Balaban J connectivity index is 2.21. The van der Waals surface area contributed by atoms with Crippen LogP contribution in [0.2, 0.25) is 0 Å². The fraction of sp³-hybridized carbons (Fsp3) is 0.125. The second-order valence-electron chi connectivity index (χ2n) is 4.84. The van der Waals surface area contributed by atoms with Gasteiger partial charge in [0.15, 0.2) is 5.17 Å². The maximum Gasteiger partial charge on any atom is 0.271 e. The van der Waals surface area contributed by atoms with Gasteiger partial charge in [-0.2, -0.15) is 0 Å². The number of thioether (sulfide) groups is 1. The lowest BCUT2D eigenvalue weighted by Gasteiger charge is -2.15. The molecule has 132 valence electrons. The average molecular weight is 380 g/mol. The maximum atomic E-state index is 13.5. The maximum absolute atomic E-state index is 13.5. The van der Waals surface area contributed by atoms with E-state index in [1.807, 2.05) is 18.2 Å². The Morgan fingerprint density at radius 1 is 1.20 bits per heavy atom. The van der Waals surface area contributed by atoms with Crippen molar-refractivity contribution < 1.29 is 13.9 Å². The third-order valence-corrected chi connectivity index (χ3v) is 4.08. The third-order valence-electron chi connectivity index (χ3n) is 3.07. The molecule has 0 aliphatic carbocycles. The van der Waals surface area contributed by atoms with E-state index in [1.165, 1.54) is 18.2 Å².